The van der Waals surface area contributed by atoms with Crippen molar-refractivity contribution in [3.8, 4) is 0 Å². The standard InChI is InChI=1S/C31H40N2O17S2/c1-13(34)41-11-20-24(25(44-16(4)37)27(46-18(6)39)29(48-20)33-10-9-22(52-8)32-31(33)51)50-30-28(47-19(7)40)26(45-17(5)38)23(43-15(3)36)21(49-30)12-42-14(2)35/h9-10,20-21,23-30H,11-12H2,1-8H3/t20-,21-,23+,24-,25+,26+,27-,28-,29-,30+/m1/s1. The monoisotopic (exact) mass is 776 g/mol. The van der Waals surface area contributed by atoms with Gasteiger partial charge >= 0.3 is 41.8 Å². The first-order valence-electron chi connectivity index (χ1n) is 15.6. The van der Waals surface area contributed by atoms with E-state index >= 15 is 0 Å². The molecule has 2 saturated heterocycles. The maximum atomic E-state index is 12.6. The van der Waals surface area contributed by atoms with Crippen molar-refractivity contribution in [2.45, 2.75) is 115 Å². The lowest BCUT2D eigenvalue weighted by Gasteiger charge is -2.49. The van der Waals surface area contributed by atoms with Crippen molar-refractivity contribution in [2.24, 2.45) is 0 Å². The molecular weight excluding hydrogens is 736 g/mol. The van der Waals surface area contributed by atoms with Gasteiger partial charge in [-0.3, -0.25) is 38.1 Å². The van der Waals surface area contributed by atoms with Crippen molar-refractivity contribution in [2.75, 3.05) is 19.5 Å². The molecule has 0 unspecified atom stereocenters. The number of thioether (sulfide) groups is 1. The fraction of sp³-hybridized carbons (Fsp3) is 0.645. The molecule has 288 valence electrons. The van der Waals surface area contributed by atoms with Crippen molar-refractivity contribution in [1.82, 2.24) is 9.55 Å². The lowest BCUT2D eigenvalue weighted by atomic mass is 9.95. The van der Waals surface area contributed by atoms with Gasteiger partial charge in [0.25, 0.3) is 0 Å². The Morgan fingerprint density at radius 2 is 1.10 bits per heavy atom. The summed E-state index contributed by atoms with van der Waals surface area (Å²) in [5, 5.41) is 0.555. The predicted molar refractivity (Wildman–Crippen MR) is 173 cm³/mol. The maximum absolute atomic E-state index is 12.6. The molecule has 0 aliphatic carbocycles. The number of ether oxygens (including phenoxy) is 10. The fourth-order valence-corrected chi connectivity index (χ4v) is 6.11. The van der Waals surface area contributed by atoms with Gasteiger partial charge in [-0.25, -0.2) is 4.98 Å². The summed E-state index contributed by atoms with van der Waals surface area (Å²) in [5.41, 5.74) is 0. The van der Waals surface area contributed by atoms with Crippen molar-refractivity contribution >= 4 is 65.8 Å². The maximum Gasteiger partial charge on any atom is 0.303 e. The average molecular weight is 777 g/mol. The molecule has 0 N–H and O–H groups in total. The van der Waals surface area contributed by atoms with E-state index in [0.29, 0.717) is 5.03 Å². The van der Waals surface area contributed by atoms with E-state index in [1.54, 1.807) is 12.3 Å². The van der Waals surface area contributed by atoms with Gasteiger partial charge in [0.2, 0.25) is 4.77 Å². The Bertz CT molecular complexity index is 1570. The molecule has 0 radical (unpaired) electrons. The number of carbonyl (C=O) groups is 7. The van der Waals surface area contributed by atoms with Crippen LogP contribution in [0, 0.1) is 4.77 Å². The molecule has 0 bridgehead atoms. The van der Waals surface area contributed by atoms with Crippen molar-refractivity contribution in [3.63, 3.8) is 0 Å². The molecule has 1 aromatic heterocycles. The summed E-state index contributed by atoms with van der Waals surface area (Å²) in [4.78, 5) is 90.2. The first-order chi connectivity index (χ1) is 24.4. The third-order valence-corrected chi connectivity index (χ3v) is 8.14. The minimum Gasteiger partial charge on any atom is -0.463 e. The Morgan fingerprint density at radius 3 is 1.56 bits per heavy atom. The van der Waals surface area contributed by atoms with Crippen molar-refractivity contribution in [1.29, 1.82) is 0 Å². The van der Waals surface area contributed by atoms with Crippen LogP contribution in [0.5, 0.6) is 0 Å². The second-order valence-electron chi connectivity index (χ2n) is 11.3. The smallest absolute Gasteiger partial charge is 0.303 e. The number of aromatic nitrogens is 2. The van der Waals surface area contributed by atoms with Gasteiger partial charge in [-0.15, -0.1) is 11.8 Å². The van der Waals surface area contributed by atoms with Crippen LogP contribution in [0.1, 0.15) is 54.7 Å². The zero-order valence-corrected chi connectivity index (χ0v) is 31.1. The highest BCUT2D eigenvalue weighted by molar-refractivity contribution is 7.98. The molecule has 1 aromatic rings. The first kappa shape index (κ1) is 42.2. The molecule has 19 nitrogen and oxygen atoms in total. The highest BCUT2D eigenvalue weighted by Crippen LogP contribution is 2.38. The van der Waals surface area contributed by atoms with Crippen LogP contribution in [0.15, 0.2) is 17.3 Å². The van der Waals surface area contributed by atoms with Crippen LogP contribution in [-0.4, -0.2) is 126 Å². The topological polar surface area (TPSA) is 230 Å². The second-order valence-corrected chi connectivity index (χ2v) is 12.5. The third kappa shape index (κ3) is 11.7. The molecule has 2 aliphatic rings. The van der Waals surface area contributed by atoms with E-state index < -0.39 is 116 Å². The van der Waals surface area contributed by atoms with Gasteiger partial charge in [-0.2, -0.15) is 0 Å². The number of esters is 7. The van der Waals surface area contributed by atoms with Gasteiger partial charge < -0.3 is 47.4 Å². The first-order valence-corrected chi connectivity index (χ1v) is 17.3. The van der Waals surface area contributed by atoms with Gasteiger partial charge in [-0.05, 0) is 24.5 Å². The van der Waals surface area contributed by atoms with Crippen molar-refractivity contribution in [3.05, 3.63) is 17.0 Å². The molecule has 2 aliphatic heterocycles. The van der Waals surface area contributed by atoms with Gasteiger partial charge in [0.1, 0.15) is 36.6 Å². The summed E-state index contributed by atoms with van der Waals surface area (Å²) in [6.45, 7) is 6.41. The Morgan fingerprint density at radius 1 is 0.654 bits per heavy atom. The second kappa shape index (κ2) is 19.1. The van der Waals surface area contributed by atoms with Gasteiger partial charge in [-0.1, -0.05) is 0 Å². The van der Waals surface area contributed by atoms with Crippen LogP contribution in [0.2, 0.25) is 0 Å². The average Bonchev–Trinajstić information content (AvgIpc) is 3.02. The van der Waals surface area contributed by atoms with Crippen LogP contribution in [-0.2, 0) is 80.9 Å². The quantitative estimate of drug-likeness (QED) is 0.0898. The molecule has 3 rings (SSSR count). The molecule has 52 heavy (non-hydrogen) atoms. The van der Waals surface area contributed by atoms with E-state index in [1.165, 1.54) is 22.5 Å². The number of nitrogens with zero attached hydrogens (tertiary/aromatic N) is 2. The van der Waals surface area contributed by atoms with E-state index in [-0.39, 0.29) is 4.77 Å². The molecular formula is C31H40N2O17S2. The van der Waals surface area contributed by atoms with E-state index in [9.17, 15) is 33.6 Å². The van der Waals surface area contributed by atoms with Crippen LogP contribution < -0.4 is 0 Å². The molecule has 0 spiro atoms. The zero-order chi connectivity index (χ0) is 38.9. The summed E-state index contributed by atoms with van der Waals surface area (Å²) in [5.74, 6) is -5.86. The van der Waals surface area contributed by atoms with Crippen LogP contribution in [0.25, 0.3) is 0 Å². The minimum atomic E-state index is -1.80. The summed E-state index contributed by atoms with van der Waals surface area (Å²) in [6.07, 6.45) is -12.2. The van der Waals surface area contributed by atoms with Crippen LogP contribution >= 0.6 is 24.0 Å². The molecule has 0 aromatic carbocycles. The van der Waals surface area contributed by atoms with E-state index in [2.05, 4.69) is 4.98 Å². The van der Waals surface area contributed by atoms with Gasteiger partial charge in [0.15, 0.2) is 43.0 Å². The Hall–Kier alpha value is -4.18. The van der Waals surface area contributed by atoms with Crippen molar-refractivity contribution < 1.29 is 80.9 Å². The lowest BCUT2D eigenvalue weighted by molar-refractivity contribution is -0.349. The SMILES string of the molecule is CSc1ccn([C@@H]2O[C@H](COC(C)=O)[C@@H](O[C@@H]3O[C@H](COC(C)=O)[C@H](OC(C)=O)[C@H](OC(C)=O)[C@H]3OC(C)=O)[C@H](OC(C)=O)[C@H]2OC(C)=O)c(=S)n1. The summed E-state index contributed by atoms with van der Waals surface area (Å²) < 4.78 is 58.2. The van der Waals surface area contributed by atoms with Crippen LogP contribution in [0.4, 0.5) is 0 Å². The Labute approximate surface area is 307 Å². The summed E-state index contributed by atoms with van der Waals surface area (Å²) in [6, 6.07) is 1.61. The normalized spacial score (nSPS) is 28.4. The Balaban J connectivity index is 2.23. The number of carbonyl (C=O) groups excluding carboxylic acids is 7. The van der Waals surface area contributed by atoms with E-state index in [1.807, 2.05) is 0 Å². The number of rotatable bonds is 13. The van der Waals surface area contributed by atoms with E-state index in [4.69, 9.17) is 59.6 Å². The largest absolute Gasteiger partial charge is 0.463 e. The molecule has 0 saturated carbocycles. The zero-order valence-electron chi connectivity index (χ0n) is 29.5. The van der Waals surface area contributed by atoms with E-state index in [0.717, 1.165) is 48.5 Å². The molecule has 0 amide bonds. The molecule has 21 heteroatoms. The number of hydrogen-bond donors (Lipinski definition) is 0. The van der Waals surface area contributed by atoms with Gasteiger partial charge in [0, 0.05) is 54.7 Å². The highest BCUT2D eigenvalue weighted by atomic mass is 32.2. The van der Waals surface area contributed by atoms with Gasteiger partial charge in [0.05, 0.1) is 0 Å². The predicted octanol–water partition coefficient (Wildman–Crippen LogP) is 1.13. The molecule has 10 atom stereocenters. The highest BCUT2D eigenvalue weighted by Gasteiger charge is 2.57. The third-order valence-electron chi connectivity index (χ3n) is 7.19. The minimum absolute atomic E-state index is 0.0132. The lowest BCUT2D eigenvalue weighted by Crippen LogP contribution is -2.66. The summed E-state index contributed by atoms with van der Waals surface area (Å²) in [7, 11) is 0. The Kier molecular flexibility index (Phi) is 15.5. The molecule has 3 heterocycles. The summed E-state index contributed by atoms with van der Waals surface area (Å²) >= 11 is 6.80. The van der Waals surface area contributed by atoms with Crippen LogP contribution in [0.3, 0.4) is 0 Å². The number of hydrogen-bond acceptors (Lipinski definition) is 20. The molecule has 2 fully saturated rings. The fourth-order valence-electron chi connectivity index (χ4n) is 5.42.